The number of rotatable bonds is 5. The summed E-state index contributed by atoms with van der Waals surface area (Å²) < 4.78 is 5.92. The number of nitrogens with two attached hydrogens (primary N) is 1. The van der Waals surface area contributed by atoms with E-state index in [0.29, 0.717) is 24.5 Å². The van der Waals surface area contributed by atoms with E-state index in [2.05, 4.69) is 4.98 Å². The molecule has 1 saturated heterocycles. The molecule has 0 unspecified atom stereocenters. The summed E-state index contributed by atoms with van der Waals surface area (Å²) in [5.74, 6) is -0.0504. The molecule has 1 aromatic heterocycles. The number of nitro benzene ring substituents is 1. The number of aryl methyl sites for hydroxylation is 1. The van der Waals surface area contributed by atoms with Gasteiger partial charge in [-0.2, -0.15) is 0 Å². The topological polar surface area (TPSA) is 112 Å². The highest BCUT2D eigenvalue weighted by Crippen LogP contribution is 2.31. The van der Waals surface area contributed by atoms with E-state index in [1.165, 1.54) is 12.3 Å². The number of nitro groups is 1. The van der Waals surface area contributed by atoms with Crippen LogP contribution in [0.3, 0.4) is 0 Å². The Bertz CT molecular complexity index is 832. The summed E-state index contributed by atoms with van der Waals surface area (Å²) in [6.07, 6.45) is 2.90. The summed E-state index contributed by atoms with van der Waals surface area (Å²) >= 11 is 0. The first-order valence-electron chi connectivity index (χ1n) is 8.36. The number of hydrogen-bond donors (Lipinski definition) is 1. The predicted molar refractivity (Wildman–Crippen MR) is 96.5 cm³/mol. The largest absolute Gasteiger partial charge is 0.490 e. The fraction of sp³-hybridized carbons (Fsp3) is 0.333. The van der Waals surface area contributed by atoms with Crippen molar-refractivity contribution >= 4 is 17.3 Å². The average Bonchev–Trinajstić information content (AvgIpc) is 2.62. The predicted octanol–water partition coefficient (Wildman–Crippen LogP) is 2.44. The Morgan fingerprint density at radius 2 is 2.04 bits per heavy atom. The van der Waals surface area contributed by atoms with Gasteiger partial charge in [0.2, 0.25) is 0 Å². The van der Waals surface area contributed by atoms with Crippen LogP contribution in [0.2, 0.25) is 0 Å². The van der Waals surface area contributed by atoms with Crippen LogP contribution >= 0.6 is 0 Å². The van der Waals surface area contributed by atoms with Crippen molar-refractivity contribution in [2.45, 2.75) is 25.9 Å². The zero-order valence-electron chi connectivity index (χ0n) is 14.4. The molecule has 0 bridgehead atoms. The van der Waals surface area contributed by atoms with Gasteiger partial charge in [0.05, 0.1) is 4.92 Å². The fourth-order valence-electron chi connectivity index (χ4n) is 3.07. The van der Waals surface area contributed by atoms with Crippen LogP contribution in [0.1, 0.15) is 28.9 Å². The molecular weight excluding hydrogens is 336 g/mol. The zero-order chi connectivity index (χ0) is 18.7. The number of nitrogens with zero attached hydrogens (tertiary/aromatic N) is 3. The number of piperidine rings is 1. The van der Waals surface area contributed by atoms with E-state index in [0.717, 1.165) is 18.4 Å². The van der Waals surface area contributed by atoms with Gasteiger partial charge in [0.15, 0.2) is 0 Å². The maximum Gasteiger partial charge on any atom is 0.292 e. The molecule has 1 amide bonds. The first-order chi connectivity index (χ1) is 12.4. The van der Waals surface area contributed by atoms with Gasteiger partial charge in [-0.25, -0.2) is 0 Å². The van der Waals surface area contributed by atoms with Crippen molar-refractivity contribution in [1.29, 1.82) is 0 Å². The third-order valence-corrected chi connectivity index (χ3v) is 4.40. The Morgan fingerprint density at radius 3 is 2.69 bits per heavy atom. The third kappa shape index (κ3) is 3.90. The van der Waals surface area contributed by atoms with Crippen LogP contribution in [0.4, 0.5) is 11.4 Å². The Hall–Kier alpha value is -3.16. The molecule has 2 N–H and O–H groups in total. The molecule has 8 heteroatoms. The number of amides is 1. The molecule has 0 spiro atoms. The summed E-state index contributed by atoms with van der Waals surface area (Å²) in [6, 6.07) is 8.49. The number of aromatic nitrogens is 1. The second kappa shape index (κ2) is 7.38. The van der Waals surface area contributed by atoms with Crippen molar-refractivity contribution in [3.8, 4) is 5.75 Å². The van der Waals surface area contributed by atoms with Gasteiger partial charge in [-0.15, -0.1) is 0 Å². The molecule has 0 saturated carbocycles. The van der Waals surface area contributed by atoms with E-state index in [1.54, 1.807) is 18.2 Å². The van der Waals surface area contributed by atoms with E-state index < -0.39 is 5.91 Å². The van der Waals surface area contributed by atoms with Crippen LogP contribution in [-0.4, -0.2) is 35.0 Å². The van der Waals surface area contributed by atoms with Crippen molar-refractivity contribution in [2.75, 3.05) is 18.0 Å². The summed E-state index contributed by atoms with van der Waals surface area (Å²) in [5.41, 5.74) is 7.02. The van der Waals surface area contributed by atoms with E-state index in [1.807, 2.05) is 17.9 Å². The lowest BCUT2D eigenvalue weighted by Crippen LogP contribution is -2.38. The third-order valence-electron chi connectivity index (χ3n) is 4.40. The second-order valence-corrected chi connectivity index (χ2v) is 6.29. The standard InChI is InChI=1S/C18H20N4O4/c1-12-2-3-16(17(10-12)22(24)25)21-8-5-13(6-9-21)26-14-4-7-20-15(11-14)18(19)23/h2-4,7,10-11,13H,5-6,8-9H2,1H3,(H2,19,23). The molecule has 0 aliphatic carbocycles. The van der Waals surface area contributed by atoms with Crippen LogP contribution in [0.5, 0.6) is 5.75 Å². The normalized spacial score (nSPS) is 14.9. The minimum absolute atomic E-state index is 0.0288. The quantitative estimate of drug-likeness (QED) is 0.650. The number of hydrogen-bond acceptors (Lipinski definition) is 6. The lowest BCUT2D eigenvalue weighted by Gasteiger charge is -2.33. The van der Waals surface area contributed by atoms with Crippen LogP contribution < -0.4 is 15.4 Å². The molecule has 3 rings (SSSR count). The van der Waals surface area contributed by atoms with Crippen molar-refractivity contribution in [2.24, 2.45) is 5.73 Å². The highest BCUT2D eigenvalue weighted by atomic mass is 16.6. The van der Waals surface area contributed by atoms with Crippen molar-refractivity contribution in [1.82, 2.24) is 4.98 Å². The lowest BCUT2D eigenvalue weighted by atomic mass is 10.1. The minimum Gasteiger partial charge on any atom is -0.490 e. The van der Waals surface area contributed by atoms with Gasteiger partial charge in [0.25, 0.3) is 11.6 Å². The van der Waals surface area contributed by atoms with E-state index in [4.69, 9.17) is 10.5 Å². The Morgan fingerprint density at radius 1 is 1.31 bits per heavy atom. The SMILES string of the molecule is Cc1ccc(N2CCC(Oc3ccnc(C(N)=O)c3)CC2)c([N+](=O)[O-])c1. The molecule has 8 nitrogen and oxygen atoms in total. The molecule has 1 aliphatic rings. The summed E-state index contributed by atoms with van der Waals surface area (Å²) in [6.45, 7) is 3.15. The van der Waals surface area contributed by atoms with Crippen LogP contribution in [0.15, 0.2) is 36.5 Å². The lowest BCUT2D eigenvalue weighted by molar-refractivity contribution is -0.384. The van der Waals surface area contributed by atoms with E-state index in [-0.39, 0.29) is 22.4 Å². The number of pyridine rings is 1. The molecular formula is C18H20N4O4. The first-order valence-corrected chi connectivity index (χ1v) is 8.36. The molecule has 0 radical (unpaired) electrons. The number of carbonyl (C=O) groups is 1. The van der Waals surface area contributed by atoms with Crippen LogP contribution in [-0.2, 0) is 0 Å². The molecule has 1 aromatic carbocycles. The van der Waals surface area contributed by atoms with Gasteiger partial charge < -0.3 is 15.4 Å². The molecule has 0 atom stereocenters. The van der Waals surface area contributed by atoms with Gasteiger partial charge in [0.1, 0.15) is 23.2 Å². The smallest absolute Gasteiger partial charge is 0.292 e. The fourth-order valence-corrected chi connectivity index (χ4v) is 3.07. The molecule has 26 heavy (non-hydrogen) atoms. The summed E-state index contributed by atoms with van der Waals surface area (Å²) in [5, 5.41) is 11.3. The van der Waals surface area contributed by atoms with Gasteiger partial charge in [-0.1, -0.05) is 6.07 Å². The first kappa shape index (κ1) is 17.7. The molecule has 1 aliphatic heterocycles. The Balaban J connectivity index is 1.66. The van der Waals surface area contributed by atoms with Crippen molar-refractivity contribution in [3.63, 3.8) is 0 Å². The highest BCUT2D eigenvalue weighted by molar-refractivity contribution is 5.91. The zero-order valence-corrected chi connectivity index (χ0v) is 14.4. The number of anilines is 1. The number of ether oxygens (including phenoxy) is 1. The Kier molecular flexibility index (Phi) is 5.01. The molecule has 1 fully saturated rings. The van der Waals surface area contributed by atoms with Gasteiger partial charge in [-0.05, 0) is 24.6 Å². The average molecular weight is 356 g/mol. The van der Waals surface area contributed by atoms with Crippen LogP contribution in [0.25, 0.3) is 0 Å². The molecule has 2 aromatic rings. The maximum atomic E-state index is 11.3. The maximum absolute atomic E-state index is 11.3. The van der Waals surface area contributed by atoms with E-state index >= 15 is 0 Å². The number of carbonyl (C=O) groups excluding carboxylic acids is 1. The van der Waals surface area contributed by atoms with Crippen molar-refractivity contribution in [3.05, 3.63) is 57.9 Å². The highest BCUT2D eigenvalue weighted by Gasteiger charge is 2.25. The summed E-state index contributed by atoms with van der Waals surface area (Å²) in [4.78, 5) is 28.1. The number of benzene rings is 1. The molecule has 2 heterocycles. The van der Waals surface area contributed by atoms with Gasteiger partial charge in [-0.3, -0.25) is 19.9 Å². The monoisotopic (exact) mass is 356 g/mol. The van der Waals surface area contributed by atoms with Gasteiger partial charge >= 0.3 is 0 Å². The van der Waals surface area contributed by atoms with Crippen molar-refractivity contribution < 1.29 is 14.5 Å². The summed E-state index contributed by atoms with van der Waals surface area (Å²) in [7, 11) is 0. The second-order valence-electron chi connectivity index (χ2n) is 6.29. The Labute approximate surface area is 150 Å². The van der Waals surface area contributed by atoms with E-state index in [9.17, 15) is 14.9 Å². The number of primary amides is 1. The minimum atomic E-state index is -0.600. The van der Waals surface area contributed by atoms with Crippen LogP contribution in [0, 0.1) is 17.0 Å². The van der Waals surface area contributed by atoms with Gasteiger partial charge in [0, 0.05) is 44.3 Å². The molecule has 136 valence electrons.